The van der Waals surface area contributed by atoms with Gasteiger partial charge in [0, 0.05) is 17.3 Å². The molecule has 3 aromatic rings. The molecule has 35 heavy (non-hydrogen) atoms. The Morgan fingerprint density at radius 2 is 1.86 bits per heavy atom. The van der Waals surface area contributed by atoms with E-state index in [1.807, 2.05) is 23.5 Å². The first-order valence-electron chi connectivity index (χ1n) is 11.1. The zero-order valence-electron chi connectivity index (χ0n) is 19.4. The number of hydrogen-bond acceptors (Lipinski definition) is 6. The highest BCUT2D eigenvalue weighted by molar-refractivity contribution is 7.89. The molecule has 8 nitrogen and oxygen atoms in total. The van der Waals surface area contributed by atoms with E-state index < -0.39 is 38.1 Å². The highest BCUT2D eigenvalue weighted by atomic mass is 32.2. The molecule has 0 atom stereocenters. The Bertz CT molecular complexity index is 1460. The predicted octanol–water partition coefficient (Wildman–Crippen LogP) is -0.657. The molecule has 3 saturated carbocycles. The lowest BCUT2D eigenvalue weighted by molar-refractivity contribution is -0.141. The summed E-state index contributed by atoms with van der Waals surface area (Å²) < 4.78 is 70.9. The minimum atomic E-state index is -4.73. The van der Waals surface area contributed by atoms with Gasteiger partial charge in [0.05, 0.1) is 45.9 Å². The maximum absolute atomic E-state index is 13.4. The molecule has 0 aliphatic heterocycles. The molecular formula is C20H23B3F3N5O3S. The van der Waals surface area contributed by atoms with Gasteiger partial charge in [-0.25, -0.2) is 23.1 Å². The number of hydrogen-bond donors (Lipinski definition) is 3. The summed E-state index contributed by atoms with van der Waals surface area (Å²) in [6, 6.07) is 4.61. The lowest BCUT2D eigenvalue weighted by atomic mass is 9.39. The quantitative estimate of drug-likeness (QED) is 0.398. The maximum Gasteiger partial charge on any atom is 0.434 e. The number of imidazole rings is 1. The van der Waals surface area contributed by atoms with E-state index in [1.165, 1.54) is 22.7 Å². The van der Waals surface area contributed by atoms with E-state index in [-0.39, 0.29) is 22.1 Å². The average molecular weight is 503 g/mol. The van der Waals surface area contributed by atoms with Crippen LogP contribution in [0.25, 0.3) is 16.9 Å². The van der Waals surface area contributed by atoms with Crippen LogP contribution in [-0.4, -0.2) is 62.6 Å². The standard InChI is InChI=1S/C20H23B3F3N5O3S/c21-19(22,23)12-2-1-10(35(33,34)30-17-3-4-18(32,8-17)9-17)5-11(12)13-6-28-16-15(27)29-14(7-31(13)16)20(24,25)26/h1-2,5-7,30,32H,3-4,8-9,21-23H2,(H2,27,29). The van der Waals surface area contributed by atoms with Gasteiger partial charge in [0.2, 0.25) is 10.0 Å². The van der Waals surface area contributed by atoms with Gasteiger partial charge in [0.25, 0.3) is 0 Å². The minimum absolute atomic E-state index is 0.0229. The third-order valence-corrected chi connectivity index (χ3v) is 8.52. The topological polar surface area (TPSA) is 123 Å². The summed E-state index contributed by atoms with van der Waals surface area (Å²) >= 11 is 0. The summed E-state index contributed by atoms with van der Waals surface area (Å²) in [4.78, 5) is 7.56. The lowest BCUT2D eigenvalue weighted by Gasteiger charge is -2.44. The Balaban J connectivity index is 1.65. The SMILES string of the molecule is BC(B)(B)c1ccc(S(=O)(=O)NC23CCC(O)(C2)C3)cc1-c1cnc2c(N)nc(C(F)(F)F)cn12. The number of anilines is 1. The van der Waals surface area contributed by atoms with Crippen molar-refractivity contribution in [3.63, 3.8) is 0 Å². The van der Waals surface area contributed by atoms with Crippen molar-refractivity contribution in [3.05, 3.63) is 41.9 Å². The first-order valence-corrected chi connectivity index (χ1v) is 12.6. The smallest absolute Gasteiger partial charge is 0.390 e. The number of halogens is 3. The number of nitrogens with one attached hydrogen (secondary N) is 1. The lowest BCUT2D eigenvalue weighted by Crippen LogP contribution is -2.58. The number of nitrogens with two attached hydrogens (primary N) is 1. The van der Waals surface area contributed by atoms with Crippen LogP contribution in [0, 0.1) is 0 Å². The second kappa shape index (κ2) is 7.26. The van der Waals surface area contributed by atoms with Crippen molar-refractivity contribution < 1.29 is 26.7 Å². The summed E-state index contributed by atoms with van der Waals surface area (Å²) in [5.74, 6) is -0.383. The van der Waals surface area contributed by atoms with Crippen LogP contribution in [0.3, 0.4) is 0 Å². The molecule has 15 heteroatoms. The number of rotatable bonds is 5. The van der Waals surface area contributed by atoms with Gasteiger partial charge < -0.3 is 10.8 Å². The van der Waals surface area contributed by atoms with Crippen molar-refractivity contribution in [1.29, 1.82) is 0 Å². The Labute approximate surface area is 202 Å². The molecule has 6 rings (SSSR count). The van der Waals surface area contributed by atoms with Gasteiger partial charge in [-0.05, 0) is 37.8 Å². The molecule has 3 aliphatic rings. The largest absolute Gasteiger partial charge is 0.434 e. The zero-order valence-corrected chi connectivity index (χ0v) is 20.3. The molecule has 3 fully saturated rings. The van der Waals surface area contributed by atoms with Crippen molar-refractivity contribution in [2.45, 2.75) is 53.0 Å². The van der Waals surface area contributed by atoms with Crippen molar-refractivity contribution in [3.8, 4) is 11.3 Å². The van der Waals surface area contributed by atoms with Gasteiger partial charge in [0.1, 0.15) is 0 Å². The van der Waals surface area contributed by atoms with E-state index in [0.29, 0.717) is 31.2 Å². The fraction of sp³-hybridized carbons (Fsp3) is 0.400. The number of alkyl halides is 3. The van der Waals surface area contributed by atoms with Crippen molar-refractivity contribution in [2.75, 3.05) is 5.73 Å². The first-order chi connectivity index (χ1) is 16.0. The summed E-state index contributed by atoms with van der Waals surface area (Å²) in [7, 11) is 1.80. The van der Waals surface area contributed by atoms with Crippen LogP contribution < -0.4 is 10.5 Å². The number of nitrogens with zero attached hydrogens (tertiary/aromatic N) is 3. The van der Waals surface area contributed by atoms with Crippen LogP contribution in [0.15, 0.2) is 35.5 Å². The maximum atomic E-state index is 13.4. The normalized spacial score (nSPS) is 24.6. The van der Waals surface area contributed by atoms with Gasteiger partial charge in [-0.1, -0.05) is 16.7 Å². The molecule has 0 radical (unpaired) electrons. The van der Waals surface area contributed by atoms with Crippen molar-refractivity contribution in [1.82, 2.24) is 19.1 Å². The Morgan fingerprint density at radius 1 is 1.17 bits per heavy atom. The Kier molecular flexibility index (Phi) is 5.02. The molecule has 182 valence electrons. The number of aromatic nitrogens is 3. The van der Waals surface area contributed by atoms with E-state index in [0.717, 1.165) is 11.8 Å². The third-order valence-electron chi connectivity index (χ3n) is 6.95. The minimum Gasteiger partial charge on any atom is -0.390 e. The summed E-state index contributed by atoms with van der Waals surface area (Å²) in [5.41, 5.74) is 4.56. The predicted molar refractivity (Wildman–Crippen MR) is 132 cm³/mol. The van der Waals surface area contributed by atoms with Crippen LogP contribution >= 0.6 is 0 Å². The number of nitrogen functional groups attached to an aromatic ring is 1. The summed E-state index contributed by atoms with van der Waals surface area (Å²) in [6.07, 6.45) is -0.719. The van der Waals surface area contributed by atoms with Crippen molar-refractivity contribution in [2.24, 2.45) is 0 Å². The van der Waals surface area contributed by atoms with Crippen molar-refractivity contribution >= 4 is 45.0 Å². The van der Waals surface area contributed by atoms with Gasteiger partial charge in [-0.15, -0.1) is 0 Å². The molecule has 0 unspecified atom stereocenters. The zero-order chi connectivity index (χ0) is 25.6. The van der Waals surface area contributed by atoms with Gasteiger partial charge >= 0.3 is 6.18 Å². The molecule has 0 saturated heterocycles. The number of fused-ring (bicyclic) bond motifs is 2. The van der Waals surface area contributed by atoms with Gasteiger partial charge in [0.15, 0.2) is 17.2 Å². The van der Waals surface area contributed by atoms with Crippen LogP contribution in [0.5, 0.6) is 0 Å². The number of sulfonamides is 1. The van der Waals surface area contributed by atoms with Gasteiger partial charge in [-0.2, -0.15) is 13.2 Å². The molecule has 1 aromatic carbocycles. The third kappa shape index (κ3) is 4.03. The van der Waals surface area contributed by atoms with E-state index >= 15 is 0 Å². The molecule has 3 aliphatic carbocycles. The van der Waals surface area contributed by atoms with E-state index in [1.54, 1.807) is 6.07 Å². The fourth-order valence-electron chi connectivity index (χ4n) is 5.40. The Morgan fingerprint density at radius 3 is 2.43 bits per heavy atom. The van der Waals surface area contributed by atoms with E-state index in [2.05, 4.69) is 14.7 Å². The first kappa shape index (κ1) is 24.2. The molecule has 0 spiro atoms. The molecule has 4 N–H and O–H groups in total. The second-order valence-electron chi connectivity index (χ2n) is 10.8. The molecule has 2 heterocycles. The highest BCUT2D eigenvalue weighted by Crippen LogP contribution is 2.55. The van der Waals surface area contributed by atoms with E-state index in [4.69, 9.17) is 5.73 Å². The molecule has 2 aromatic heterocycles. The van der Waals surface area contributed by atoms with E-state index in [9.17, 15) is 26.7 Å². The highest BCUT2D eigenvalue weighted by Gasteiger charge is 2.61. The number of benzene rings is 1. The van der Waals surface area contributed by atoms with Crippen LogP contribution in [0.2, 0.25) is 0 Å². The Hall–Kier alpha value is -2.51. The molecule has 2 bridgehead atoms. The monoisotopic (exact) mass is 503 g/mol. The molecular weight excluding hydrogens is 480 g/mol. The average Bonchev–Trinajstić information content (AvgIpc) is 3.36. The fourth-order valence-corrected chi connectivity index (χ4v) is 6.86. The van der Waals surface area contributed by atoms with Gasteiger partial charge in [-0.3, -0.25) is 4.40 Å². The molecule has 0 amide bonds. The summed E-state index contributed by atoms with van der Waals surface area (Å²) in [6.45, 7) is 0. The summed E-state index contributed by atoms with van der Waals surface area (Å²) in [5, 5.41) is 9.79. The van der Waals surface area contributed by atoms with Crippen LogP contribution in [0.1, 0.15) is 36.9 Å². The van der Waals surface area contributed by atoms with Crippen LogP contribution in [0.4, 0.5) is 19.0 Å². The van der Waals surface area contributed by atoms with Crippen LogP contribution in [-0.2, 0) is 21.3 Å². The number of aliphatic hydroxyl groups is 1. The second-order valence-corrected chi connectivity index (χ2v) is 12.4.